The van der Waals surface area contributed by atoms with Crippen LogP contribution in [0.3, 0.4) is 0 Å². The highest BCUT2D eigenvalue weighted by Gasteiger charge is 2.39. The van der Waals surface area contributed by atoms with Crippen molar-refractivity contribution in [3.8, 4) is 0 Å². The maximum atomic E-state index is 14.5. The molecule has 2 N–H and O–H groups in total. The number of carbonyl (C=O) groups excluding carboxylic acids is 1. The Hall–Kier alpha value is -2.45. The van der Waals surface area contributed by atoms with E-state index in [0.29, 0.717) is 42.2 Å². The molecule has 0 radical (unpaired) electrons. The van der Waals surface area contributed by atoms with Gasteiger partial charge in [0, 0.05) is 36.5 Å². The minimum absolute atomic E-state index is 0.0950. The number of sulfonamides is 1. The summed E-state index contributed by atoms with van der Waals surface area (Å²) in [6.45, 7) is 0.447. The quantitative estimate of drug-likeness (QED) is 0.260. The van der Waals surface area contributed by atoms with Gasteiger partial charge in [-0.05, 0) is 37.7 Å². The molecule has 1 atom stereocenters. The smallest absolute Gasteiger partial charge is 0.338 e. The third kappa shape index (κ3) is 5.91. The molecule has 9 nitrogen and oxygen atoms in total. The van der Waals surface area contributed by atoms with Crippen LogP contribution < -0.4 is 10.0 Å². The van der Waals surface area contributed by atoms with E-state index in [1.807, 2.05) is 0 Å². The summed E-state index contributed by atoms with van der Waals surface area (Å²) in [5, 5.41) is 4.41. The Labute approximate surface area is 228 Å². The van der Waals surface area contributed by atoms with Crippen LogP contribution in [0.4, 0.5) is 8.78 Å². The van der Waals surface area contributed by atoms with E-state index in [9.17, 15) is 22.0 Å². The van der Waals surface area contributed by atoms with Crippen LogP contribution in [-0.2, 0) is 24.3 Å². The van der Waals surface area contributed by atoms with Gasteiger partial charge in [0.25, 0.3) is 0 Å². The lowest BCUT2D eigenvalue weighted by Gasteiger charge is -2.35. The van der Waals surface area contributed by atoms with Crippen LogP contribution in [0, 0.1) is 17.6 Å². The highest BCUT2D eigenvalue weighted by atomic mass is 35.5. The Balaban J connectivity index is 1.72. The molecule has 1 aromatic heterocycles. The molecule has 2 heterocycles. The molecule has 38 heavy (non-hydrogen) atoms. The van der Waals surface area contributed by atoms with Crippen molar-refractivity contribution in [3.05, 3.63) is 62.2 Å². The van der Waals surface area contributed by atoms with Crippen molar-refractivity contribution >= 4 is 44.8 Å². The normalized spacial score (nSPS) is 22.1. The van der Waals surface area contributed by atoms with Gasteiger partial charge in [0.15, 0.2) is 22.5 Å². The van der Waals surface area contributed by atoms with Crippen molar-refractivity contribution in [2.75, 3.05) is 27.4 Å². The summed E-state index contributed by atoms with van der Waals surface area (Å²) in [4.78, 5) is 22.0. The number of rotatable bonds is 9. The van der Waals surface area contributed by atoms with Crippen molar-refractivity contribution < 1.29 is 31.5 Å². The van der Waals surface area contributed by atoms with Gasteiger partial charge in [-0.1, -0.05) is 17.7 Å². The number of amidine groups is 1. The molecule has 1 aliphatic carbocycles. The van der Waals surface area contributed by atoms with Gasteiger partial charge < -0.3 is 14.8 Å². The molecule has 1 saturated carbocycles. The molecule has 1 fully saturated rings. The second-order valence-electron chi connectivity index (χ2n) is 8.83. The number of benzene rings is 1. The van der Waals surface area contributed by atoms with E-state index >= 15 is 0 Å². The molecule has 0 bridgehead atoms. The maximum Gasteiger partial charge on any atom is 0.338 e. The van der Waals surface area contributed by atoms with E-state index < -0.39 is 43.9 Å². The summed E-state index contributed by atoms with van der Waals surface area (Å²) >= 11 is 7.50. The number of halogens is 3. The first-order chi connectivity index (χ1) is 18.2. The Kier molecular flexibility index (Phi) is 9.14. The van der Waals surface area contributed by atoms with E-state index in [1.165, 1.54) is 31.6 Å². The van der Waals surface area contributed by atoms with Gasteiger partial charge in [-0.15, -0.1) is 11.3 Å². The number of esters is 1. The zero-order valence-corrected chi connectivity index (χ0v) is 23.1. The zero-order chi connectivity index (χ0) is 27.4. The first-order valence-electron chi connectivity index (χ1n) is 11.9. The van der Waals surface area contributed by atoms with Gasteiger partial charge >= 0.3 is 5.97 Å². The van der Waals surface area contributed by atoms with Crippen LogP contribution in [0.15, 0.2) is 40.0 Å². The Bertz CT molecular complexity index is 1340. The van der Waals surface area contributed by atoms with Crippen LogP contribution in [0.25, 0.3) is 0 Å². The number of allylic oxidation sites excluding steroid dienone is 1. The number of aromatic nitrogens is 1. The van der Waals surface area contributed by atoms with Crippen LogP contribution in [0.5, 0.6) is 0 Å². The topological polar surface area (TPSA) is 119 Å². The number of hydrogen-bond acceptors (Lipinski definition) is 9. The summed E-state index contributed by atoms with van der Waals surface area (Å²) in [5.41, 5.74) is 0.675. The predicted molar refractivity (Wildman–Crippen MR) is 139 cm³/mol. The molecule has 1 aromatic carbocycles. The first kappa shape index (κ1) is 28.6. The van der Waals surface area contributed by atoms with Crippen molar-refractivity contribution in [1.29, 1.82) is 0 Å². The monoisotopic (exact) mass is 588 g/mol. The second kappa shape index (κ2) is 12.2. The summed E-state index contributed by atoms with van der Waals surface area (Å²) in [6, 6.07) is 1.12. The molecule has 0 saturated heterocycles. The van der Waals surface area contributed by atoms with E-state index in [4.69, 9.17) is 21.1 Å². The first-order valence-corrected chi connectivity index (χ1v) is 14.7. The number of nitrogens with one attached hydrogen (secondary N) is 2. The highest BCUT2D eigenvalue weighted by Crippen LogP contribution is 2.42. The van der Waals surface area contributed by atoms with Crippen LogP contribution in [0.2, 0.25) is 5.02 Å². The van der Waals surface area contributed by atoms with Crippen LogP contribution in [0.1, 0.15) is 42.3 Å². The molecular weight excluding hydrogens is 562 g/mol. The van der Waals surface area contributed by atoms with Gasteiger partial charge in [0.2, 0.25) is 10.0 Å². The van der Waals surface area contributed by atoms with E-state index in [1.54, 1.807) is 11.6 Å². The molecule has 4 rings (SSSR count). The number of nitrogens with zero attached hydrogens (tertiary/aromatic N) is 2. The number of methoxy groups -OCH3 is 2. The van der Waals surface area contributed by atoms with Crippen molar-refractivity contribution in [2.45, 2.75) is 37.0 Å². The Morgan fingerprint density at radius 1 is 1.24 bits per heavy atom. The predicted octanol–water partition coefficient (Wildman–Crippen LogP) is 3.72. The van der Waals surface area contributed by atoms with Gasteiger partial charge in [-0.3, -0.25) is 4.99 Å². The molecule has 0 spiro atoms. The zero-order valence-electron chi connectivity index (χ0n) is 20.7. The van der Waals surface area contributed by atoms with Gasteiger partial charge in [0.05, 0.1) is 29.6 Å². The fraction of sp³-hybridized carbons (Fsp3) is 0.458. The molecular formula is C24H27ClF2N4O5S2. The summed E-state index contributed by atoms with van der Waals surface area (Å²) < 4.78 is 66.3. The summed E-state index contributed by atoms with van der Waals surface area (Å²) in [7, 11) is -0.836. The number of thiazole rings is 1. The molecule has 2 aromatic rings. The van der Waals surface area contributed by atoms with Crippen molar-refractivity contribution in [3.63, 3.8) is 0 Å². The average Bonchev–Trinajstić information content (AvgIpc) is 3.46. The minimum atomic E-state index is -3.54. The maximum absolute atomic E-state index is 14.5. The second-order valence-corrected chi connectivity index (χ2v) is 12.1. The number of aliphatic imine (C=N–C) groups is 1. The minimum Gasteiger partial charge on any atom is -0.466 e. The van der Waals surface area contributed by atoms with E-state index in [-0.39, 0.29) is 30.2 Å². The lowest BCUT2D eigenvalue weighted by molar-refractivity contribution is -0.136. The standard InChI is InChI=1S/C24H27ClF2N4O5S2/c1-35-11-9-29-38(33,34)14-5-3-13(4-6-14)20-17(24(32)36-2)21(15-7-8-16(26)19(27)18(15)25)31-22(30-20)23-28-10-12-37-23/h7-8,10,12-14,21,29H,3-6,9,11H2,1-2H3,(H,30,31)/t13-,14-,21?. The average molecular weight is 589 g/mol. The van der Waals surface area contributed by atoms with Gasteiger partial charge in [0.1, 0.15) is 6.04 Å². The van der Waals surface area contributed by atoms with Gasteiger partial charge in [-0.2, -0.15) is 0 Å². The third-order valence-corrected chi connectivity index (χ3v) is 9.72. The van der Waals surface area contributed by atoms with E-state index in [2.05, 4.69) is 20.0 Å². The fourth-order valence-electron chi connectivity index (χ4n) is 4.71. The number of carbonyl (C=O) groups is 1. The van der Waals surface area contributed by atoms with Crippen molar-refractivity contribution in [1.82, 2.24) is 15.0 Å². The molecule has 0 amide bonds. The molecule has 1 unspecified atom stereocenters. The summed E-state index contributed by atoms with van der Waals surface area (Å²) in [5.74, 6) is -3.00. The fourth-order valence-corrected chi connectivity index (χ4v) is 7.05. The molecule has 2 aliphatic rings. The highest BCUT2D eigenvalue weighted by molar-refractivity contribution is 7.90. The third-order valence-electron chi connectivity index (χ3n) is 6.61. The SMILES string of the molecule is COCCNS(=O)(=O)[C@H]1CC[C@H](C2=C(C(=O)OC)C(c3ccc(F)c(F)c3Cl)N=C(c3nccs3)N2)CC1. The van der Waals surface area contributed by atoms with Crippen molar-refractivity contribution in [2.24, 2.45) is 10.9 Å². The molecule has 206 valence electrons. The van der Waals surface area contributed by atoms with E-state index in [0.717, 1.165) is 6.07 Å². The lowest BCUT2D eigenvalue weighted by Crippen LogP contribution is -2.41. The summed E-state index contributed by atoms with van der Waals surface area (Å²) in [6.07, 6.45) is 3.19. The molecule has 14 heteroatoms. The largest absolute Gasteiger partial charge is 0.466 e. The Morgan fingerprint density at radius 3 is 2.61 bits per heavy atom. The molecule has 1 aliphatic heterocycles. The Morgan fingerprint density at radius 2 is 1.97 bits per heavy atom. The number of ether oxygens (including phenoxy) is 2. The van der Waals surface area contributed by atoms with Crippen LogP contribution >= 0.6 is 22.9 Å². The van der Waals surface area contributed by atoms with Gasteiger partial charge in [-0.25, -0.2) is 31.7 Å². The number of hydrogen-bond donors (Lipinski definition) is 2. The van der Waals surface area contributed by atoms with Crippen LogP contribution in [-0.4, -0.2) is 57.8 Å². The lowest BCUT2D eigenvalue weighted by atomic mass is 9.82.